The van der Waals surface area contributed by atoms with Gasteiger partial charge >= 0.3 is 11.8 Å². The van der Waals surface area contributed by atoms with E-state index in [-0.39, 0.29) is 0 Å². The number of benzene rings is 1. The van der Waals surface area contributed by atoms with E-state index in [1.807, 2.05) is 13.0 Å². The fourth-order valence-electron chi connectivity index (χ4n) is 2.02. The molecule has 0 aliphatic heterocycles. The number of halogens is 1. The molecular weight excluding hydrogens is 322 g/mol. The van der Waals surface area contributed by atoms with E-state index in [0.29, 0.717) is 5.69 Å². The average Bonchev–Trinajstić information content (AvgIpc) is 2.92. The van der Waals surface area contributed by atoms with Crippen LogP contribution in [-0.4, -0.2) is 17.5 Å². The van der Waals surface area contributed by atoms with Crippen LogP contribution >= 0.6 is 15.9 Å². The van der Waals surface area contributed by atoms with Crippen molar-refractivity contribution in [2.45, 2.75) is 32.6 Å². The minimum absolute atomic E-state index is 0.613. The Morgan fingerprint density at radius 1 is 1.20 bits per heavy atom. The van der Waals surface area contributed by atoms with E-state index in [9.17, 15) is 9.59 Å². The van der Waals surface area contributed by atoms with Crippen molar-refractivity contribution in [3.8, 4) is 0 Å². The summed E-state index contributed by atoms with van der Waals surface area (Å²) in [7, 11) is 0. The SMILES string of the molecule is Cc1cc(Br)ccc1NC(=O)C(=O)NN=C1CCCC1. The van der Waals surface area contributed by atoms with E-state index in [0.717, 1.165) is 41.4 Å². The highest BCUT2D eigenvalue weighted by Crippen LogP contribution is 2.19. The Balaban J connectivity index is 1.93. The van der Waals surface area contributed by atoms with Crippen LogP contribution in [0.5, 0.6) is 0 Å². The Kier molecular flexibility index (Phi) is 4.89. The summed E-state index contributed by atoms with van der Waals surface area (Å²) in [5, 5.41) is 6.54. The third kappa shape index (κ3) is 3.90. The molecule has 0 unspecified atom stereocenters. The van der Waals surface area contributed by atoms with Gasteiger partial charge in [0.15, 0.2) is 0 Å². The summed E-state index contributed by atoms with van der Waals surface area (Å²) in [6, 6.07) is 5.42. The summed E-state index contributed by atoms with van der Waals surface area (Å²) in [6.45, 7) is 1.86. The molecule has 1 aliphatic rings. The third-order valence-electron chi connectivity index (χ3n) is 3.14. The molecule has 1 aromatic carbocycles. The highest BCUT2D eigenvalue weighted by molar-refractivity contribution is 9.10. The first kappa shape index (κ1) is 14.7. The predicted octanol–water partition coefficient (Wildman–Crippen LogP) is 2.74. The van der Waals surface area contributed by atoms with E-state index in [4.69, 9.17) is 0 Å². The van der Waals surface area contributed by atoms with Gasteiger partial charge in [-0.05, 0) is 56.4 Å². The summed E-state index contributed by atoms with van der Waals surface area (Å²) >= 11 is 3.34. The summed E-state index contributed by atoms with van der Waals surface area (Å²) in [5.41, 5.74) is 4.74. The number of hydrogen-bond donors (Lipinski definition) is 2. The van der Waals surface area contributed by atoms with Crippen LogP contribution in [0.25, 0.3) is 0 Å². The number of aryl methyl sites for hydroxylation is 1. The predicted molar refractivity (Wildman–Crippen MR) is 81.6 cm³/mol. The van der Waals surface area contributed by atoms with Crippen molar-refractivity contribution in [1.29, 1.82) is 0 Å². The van der Waals surface area contributed by atoms with Crippen LogP contribution in [0.2, 0.25) is 0 Å². The number of hydrazone groups is 1. The molecule has 0 atom stereocenters. The highest BCUT2D eigenvalue weighted by atomic mass is 79.9. The maximum atomic E-state index is 11.8. The Hall–Kier alpha value is -1.69. The molecule has 0 saturated heterocycles. The molecule has 106 valence electrons. The van der Waals surface area contributed by atoms with E-state index in [2.05, 4.69) is 31.8 Å². The number of amides is 2. The summed E-state index contributed by atoms with van der Waals surface area (Å²) < 4.78 is 0.921. The van der Waals surface area contributed by atoms with Gasteiger partial charge in [0.05, 0.1) is 0 Å². The smallest absolute Gasteiger partial charge is 0.317 e. The average molecular weight is 338 g/mol. The number of carbonyl (C=O) groups excluding carboxylic acids is 2. The Labute approximate surface area is 126 Å². The van der Waals surface area contributed by atoms with Gasteiger partial charge in [-0.2, -0.15) is 5.10 Å². The lowest BCUT2D eigenvalue weighted by Crippen LogP contribution is -2.33. The van der Waals surface area contributed by atoms with Gasteiger partial charge in [-0.25, -0.2) is 5.43 Å². The minimum atomic E-state index is -0.744. The van der Waals surface area contributed by atoms with E-state index in [1.165, 1.54) is 0 Å². The van der Waals surface area contributed by atoms with Crippen LogP contribution in [0.1, 0.15) is 31.2 Å². The zero-order valence-electron chi connectivity index (χ0n) is 11.2. The number of nitrogens with one attached hydrogen (secondary N) is 2. The molecule has 0 spiro atoms. The molecule has 0 bridgehead atoms. The zero-order valence-corrected chi connectivity index (χ0v) is 12.8. The summed E-state index contributed by atoms with van der Waals surface area (Å²) in [6.07, 6.45) is 3.99. The monoisotopic (exact) mass is 337 g/mol. The van der Waals surface area contributed by atoms with Gasteiger partial charge in [-0.15, -0.1) is 0 Å². The van der Waals surface area contributed by atoms with E-state index in [1.54, 1.807) is 12.1 Å². The fourth-order valence-corrected chi connectivity index (χ4v) is 2.50. The molecule has 2 rings (SSSR count). The van der Waals surface area contributed by atoms with Crippen molar-refractivity contribution < 1.29 is 9.59 Å². The molecule has 1 aliphatic carbocycles. The van der Waals surface area contributed by atoms with Crippen LogP contribution in [0.15, 0.2) is 27.8 Å². The van der Waals surface area contributed by atoms with Crippen molar-refractivity contribution >= 4 is 39.1 Å². The van der Waals surface area contributed by atoms with E-state index >= 15 is 0 Å². The summed E-state index contributed by atoms with van der Waals surface area (Å²) in [5.74, 6) is -1.45. The van der Waals surface area contributed by atoms with Crippen molar-refractivity contribution in [1.82, 2.24) is 5.43 Å². The van der Waals surface area contributed by atoms with Crippen LogP contribution in [0, 0.1) is 6.92 Å². The Bertz CT molecular complexity index is 562. The molecule has 1 saturated carbocycles. The molecule has 2 amide bonds. The maximum Gasteiger partial charge on any atom is 0.329 e. The first-order valence-electron chi connectivity index (χ1n) is 6.49. The number of rotatable bonds is 2. The molecule has 0 radical (unpaired) electrons. The largest absolute Gasteiger partial charge is 0.329 e. The van der Waals surface area contributed by atoms with Crippen molar-refractivity contribution in [3.63, 3.8) is 0 Å². The minimum Gasteiger partial charge on any atom is -0.317 e. The molecule has 2 N–H and O–H groups in total. The Morgan fingerprint density at radius 2 is 1.90 bits per heavy atom. The number of anilines is 1. The lowest BCUT2D eigenvalue weighted by atomic mass is 10.2. The van der Waals surface area contributed by atoms with Gasteiger partial charge in [0.1, 0.15) is 0 Å². The first-order chi connectivity index (χ1) is 9.56. The quantitative estimate of drug-likeness (QED) is 0.643. The molecule has 1 fully saturated rings. The van der Waals surface area contributed by atoms with Gasteiger partial charge in [-0.3, -0.25) is 9.59 Å². The van der Waals surface area contributed by atoms with Crippen LogP contribution in [0.3, 0.4) is 0 Å². The topological polar surface area (TPSA) is 70.6 Å². The summed E-state index contributed by atoms with van der Waals surface area (Å²) in [4.78, 5) is 23.4. The Morgan fingerprint density at radius 3 is 2.55 bits per heavy atom. The maximum absolute atomic E-state index is 11.8. The van der Waals surface area contributed by atoms with Crippen molar-refractivity contribution in [3.05, 3.63) is 28.2 Å². The van der Waals surface area contributed by atoms with Crippen LogP contribution < -0.4 is 10.7 Å². The number of hydrogen-bond acceptors (Lipinski definition) is 3. The van der Waals surface area contributed by atoms with Gasteiger partial charge in [0.2, 0.25) is 0 Å². The molecule has 6 heteroatoms. The highest BCUT2D eigenvalue weighted by Gasteiger charge is 2.15. The first-order valence-corrected chi connectivity index (χ1v) is 7.28. The molecule has 5 nitrogen and oxygen atoms in total. The molecule has 0 heterocycles. The van der Waals surface area contributed by atoms with Gasteiger partial charge in [0, 0.05) is 15.9 Å². The third-order valence-corrected chi connectivity index (χ3v) is 3.63. The van der Waals surface area contributed by atoms with Crippen LogP contribution in [-0.2, 0) is 9.59 Å². The standard InChI is InChI=1S/C14H16BrN3O2/c1-9-8-10(15)6-7-12(9)16-13(19)14(20)18-17-11-4-2-3-5-11/h6-8H,2-5H2,1H3,(H,16,19)(H,18,20). The van der Waals surface area contributed by atoms with E-state index < -0.39 is 11.8 Å². The second-order valence-corrected chi connectivity index (χ2v) is 5.66. The van der Waals surface area contributed by atoms with Crippen molar-refractivity contribution in [2.75, 3.05) is 5.32 Å². The molecule has 0 aromatic heterocycles. The van der Waals surface area contributed by atoms with Crippen LogP contribution in [0.4, 0.5) is 5.69 Å². The fraction of sp³-hybridized carbons (Fsp3) is 0.357. The lowest BCUT2D eigenvalue weighted by Gasteiger charge is -2.07. The number of nitrogens with zero attached hydrogens (tertiary/aromatic N) is 1. The number of carbonyl (C=O) groups is 2. The van der Waals surface area contributed by atoms with Crippen molar-refractivity contribution in [2.24, 2.45) is 5.10 Å². The zero-order chi connectivity index (χ0) is 14.5. The molecular formula is C14H16BrN3O2. The second kappa shape index (κ2) is 6.65. The lowest BCUT2D eigenvalue weighted by molar-refractivity contribution is -0.136. The molecule has 1 aromatic rings. The van der Waals surface area contributed by atoms with Gasteiger partial charge in [-0.1, -0.05) is 15.9 Å². The normalized spacial score (nSPS) is 14.0. The second-order valence-electron chi connectivity index (χ2n) is 4.74. The molecule has 20 heavy (non-hydrogen) atoms. The van der Waals surface area contributed by atoms with Gasteiger partial charge in [0.25, 0.3) is 0 Å². The van der Waals surface area contributed by atoms with Gasteiger partial charge < -0.3 is 5.32 Å².